The minimum absolute atomic E-state index is 0.0359. The number of alkyl halides is 1. The third-order valence-corrected chi connectivity index (χ3v) is 9.52. The summed E-state index contributed by atoms with van der Waals surface area (Å²) < 4.78 is 78.0. The van der Waals surface area contributed by atoms with E-state index in [1.54, 1.807) is 34.7 Å². The average Bonchev–Trinajstić information content (AvgIpc) is 3.62. The molecule has 4 heterocycles. The van der Waals surface area contributed by atoms with Gasteiger partial charge in [0.05, 0.1) is 51.2 Å². The van der Waals surface area contributed by atoms with Crippen LogP contribution in [0.4, 0.5) is 18.9 Å². The molecule has 9 nitrogen and oxygen atoms in total. The fourth-order valence-corrected chi connectivity index (χ4v) is 6.48. The van der Waals surface area contributed by atoms with Crippen molar-refractivity contribution >= 4 is 71.6 Å². The van der Waals surface area contributed by atoms with E-state index >= 15 is 0 Å². The Morgan fingerprint density at radius 3 is 2.45 bits per heavy atom. The lowest BCUT2D eigenvalue weighted by atomic mass is 10.0. The van der Waals surface area contributed by atoms with Crippen LogP contribution in [0.25, 0.3) is 61.0 Å². The van der Waals surface area contributed by atoms with Crippen LogP contribution in [0.1, 0.15) is 16.2 Å². The predicted molar refractivity (Wildman–Crippen MR) is 175 cm³/mol. The topological polar surface area (TPSA) is 110 Å². The average molecular weight is 678 g/mol. The highest BCUT2D eigenvalue weighted by molar-refractivity contribution is 7.92. The molecule has 47 heavy (non-hydrogen) atoms. The van der Waals surface area contributed by atoms with Gasteiger partial charge in [0.1, 0.15) is 34.4 Å². The molecule has 14 heteroatoms. The van der Waals surface area contributed by atoms with Crippen LogP contribution >= 0.6 is 11.6 Å². The van der Waals surface area contributed by atoms with Gasteiger partial charge in [-0.2, -0.15) is 0 Å². The fraction of sp³-hybridized carbons (Fsp3) is 0.121. The third-order valence-electron chi connectivity index (χ3n) is 8.09. The highest BCUT2D eigenvalue weighted by Crippen LogP contribution is 2.42. The third kappa shape index (κ3) is 4.84. The van der Waals surface area contributed by atoms with Gasteiger partial charge in [-0.05, 0) is 48.5 Å². The Hall–Kier alpha value is -5.14. The number of nitrogens with one attached hydrogen (secondary N) is 1. The summed E-state index contributed by atoms with van der Waals surface area (Å²) in [4.78, 5) is 22.8. The van der Waals surface area contributed by atoms with Crippen LogP contribution < -0.4 is 9.62 Å². The van der Waals surface area contributed by atoms with E-state index in [1.807, 2.05) is 0 Å². The Morgan fingerprint density at radius 1 is 0.957 bits per heavy atom. The Labute approximate surface area is 270 Å². The zero-order valence-corrected chi connectivity index (χ0v) is 26.5. The van der Waals surface area contributed by atoms with Gasteiger partial charge in [-0.15, -0.1) is 11.6 Å². The number of hydrogen-bond donors (Lipinski definition) is 1. The number of furan rings is 1. The fourth-order valence-electron chi connectivity index (χ4n) is 5.80. The lowest BCUT2D eigenvalue weighted by Gasteiger charge is -2.20. The molecular formula is C33H23ClF3N5O4S. The number of fused-ring (bicyclic) bond motifs is 6. The van der Waals surface area contributed by atoms with Crippen LogP contribution in [0, 0.1) is 17.5 Å². The van der Waals surface area contributed by atoms with Gasteiger partial charge in [0, 0.05) is 42.6 Å². The molecule has 0 atom stereocenters. The van der Waals surface area contributed by atoms with Gasteiger partial charge in [-0.3, -0.25) is 13.5 Å². The van der Waals surface area contributed by atoms with Crippen LogP contribution in [-0.2, 0) is 15.9 Å². The van der Waals surface area contributed by atoms with E-state index in [0.29, 0.717) is 39.3 Å². The number of rotatable bonds is 6. The number of benzene rings is 3. The second-order valence-electron chi connectivity index (χ2n) is 10.9. The summed E-state index contributed by atoms with van der Waals surface area (Å²) in [6, 6.07) is 15.5. The first-order valence-corrected chi connectivity index (χ1v) is 16.5. The molecule has 0 fully saturated rings. The van der Waals surface area contributed by atoms with Crippen molar-refractivity contribution in [3.05, 3.63) is 95.6 Å². The second-order valence-corrected chi connectivity index (χ2v) is 13.2. The highest BCUT2D eigenvalue weighted by atomic mass is 35.5. The maximum atomic E-state index is 15.0. The molecular weight excluding hydrogens is 655 g/mol. The first-order valence-electron chi connectivity index (χ1n) is 14.1. The number of pyridine rings is 1. The second kappa shape index (κ2) is 11.0. The zero-order valence-electron chi connectivity index (χ0n) is 24.9. The first kappa shape index (κ1) is 30.5. The monoisotopic (exact) mass is 677 g/mol. The van der Waals surface area contributed by atoms with Crippen molar-refractivity contribution in [2.45, 2.75) is 5.88 Å². The summed E-state index contributed by atoms with van der Waals surface area (Å²) >= 11 is 6.26. The molecule has 3 aromatic carbocycles. The molecule has 0 aliphatic carbocycles. The molecule has 1 N–H and O–H groups in total. The van der Waals surface area contributed by atoms with Gasteiger partial charge in [0.25, 0.3) is 5.91 Å². The summed E-state index contributed by atoms with van der Waals surface area (Å²) in [7, 11) is -1.10. The van der Waals surface area contributed by atoms with E-state index in [1.165, 1.54) is 32.3 Å². The van der Waals surface area contributed by atoms with Gasteiger partial charge < -0.3 is 9.73 Å². The number of hydrogen-bond acceptors (Lipinski definition) is 6. The minimum Gasteiger partial charge on any atom is -0.455 e. The van der Waals surface area contributed by atoms with Crippen molar-refractivity contribution in [1.82, 2.24) is 19.7 Å². The molecule has 0 aliphatic rings. The van der Waals surface area contributed by atoms with Crippen molar-refractivity contribution in [3.8, 4) is 22.6 Å². The number of nitrogens with zero attached hydrogens (tertiary/aromatic N) is 4. The minimum atomic E-state index is -3.84. The molecule has 0 spiro atoms. The Bertz CT molecular complexity index is 2570. The van der Waals surface area contributed by atoms with Gasteiger partial charge >= 0.3 is 0 Å². The lowest BCUT2D eigenvalue weighted by Crippen LogP contribution is -2.25. The van der Waals surface area contributed by atoms with E-state index in [-0.39, 0.29) is 50.7 Å². The highest BCUT2D eigenvalue weighted by Gasteiger charge is 2.28. The van der Waals surface area contributed by atoms with E-state index in [2.05, 4.69) is 10.3 Å². The van der Waals surface area contributed by atoms with E-state index in [0.717, 1.165) is 22.7 Å². The van der Waals surface area contributed by atoms with Gasteiger partial charge in [0.15, 0.2) is 5.76 Å². The van der Waals surface area contributed by atoms with Crippen molar-refractivity contribution < 1.29 is 30.8 Å². The van der Waals surface area contributed by atoms with Crippen LogP contribution in [-0.4, -0.2) is 49.0 Å². The molecule has 0 saturated heterocycles. The number of carbonyl (C=O) groups is 1. The van der Waals surface area contributed by atoms with Gasteiger partial charge in [-0.25, -0.2) is 31.6 Å². The van der Waals surface area contributed by atoms with E-state index in [4.69, 9.17) is 21.0 Å². The Kier molecular flexibility index (Phi) is 7.13. The van der Waals surface area contributed by atoms with Crippen molar-refractivity contribution in [2.24, 2.45) is 0 Å². The Balaban J connectivity index is 1.56. The molecule has 0 saturated carbocycles. The molecule has 0 aliphatic heterocycles. The molecule has 0 bridgehead atoms. The molecule has 4 aromatic heterocycles. The number of halogens is 4. The summed E-state index contributed by atoms with van der Waals surface area (Å²) in [6.07, 6.45) is 1.02. The van der Waals surface area contributed by atoms with Gasteiger partial charge in [-0.1, -0.05) is 6.07 Å². The maximum absolute atomic E-state index is 15.0. The predicted octanol–water partition coefficient (Wildman–Crippen LogP) is 7.03. The molecule has 1 amide bonds. The van der Waals surface area contributed by atoms with Crippen LogP contribution in [0.3, 0.4) is 0 Å². The normalized spacial score (nSPS) is 12.1. The summed E-state index contributed by atoms with van der Waals surface area (Å²) in [5, 5.41) is 3.09. The molecule has 0 unspecified atom stereocenters. The molecule has 238 valence electrons. The standard InChI is InChI=1S/C33H23ClF3N5O4S/c1-38-33(43)30-20-12-19(26(41(2)47(3,44)45)14-28(20)46-32(30)17-8-7-16(35)11-22(17)37)23-9-10-24-31(40-23)27-13-18-21(36)5-4-6-25(18)42(27)29(15-34)39-24/h4-14H,15H2,1-3H3,(H,38,43). The van der Waals surface area contributed by atoms with Crippen LogP contribution in [0.5, 0.6) is 0 Å². The van der Waals surface area contributed by atoms with Crippen LogP contribution in [0.2, 0.25) is 0 Å². The lowest BCUT2D eigenvalue weighted by molar-refractivity contribution is 0.0964. The smallest absolute Gasteiger partial charge is 0.255 e. The number of amides is 1. The quantitative estimate of drug-likeness (QED) is 0.189. The maximum Gasteiger partial charge on any atom is 0.255 e. The van der Waals surface area contributed by atoms with E-state index in [9.17, 15) is 26.4 Å². The SMILES string of the molecule is CNC(=O)c1c(-c2ccc(F)cc2F)oc2cc(N(C)S(C)(=O)=O)c(-c3ccc4nc(CCl)n5c6cccc(F)c6cc5c4n3)cc12. The summed E-state index contributed by atoms with van der Waals surface area (Å²) in [5.41, 5.74) is 2.48. The van der Waals surface area contributed by atoms with Gasteiger partial charge in [0.2, 0.25) is 10.0 Å². The van der Waals surface area contributed by atoms with E-state index < -0.39 is 33.4 Å². The summed E-state index contributed by atoms with van der Waals surface area (Å²) in [6.45, 7) is 0. The first-order chi connectivity index (χ1) is 22.4. The number of sulfonamides is 1. The number of aromatic nitrogens is 3. The van der Waals surface area contributed by atoms with Crippen LogP contribution in [0.15, 0.2) is 71.1 Å². The Morgan fingerprint density at radius 2 is 1.74 bits per heavy atom. The van der Waals surface area contributed by atoms with Crippen molar-refractivity contribution in [3.63, 3.8) is 0 Å². The van der Waals surface area contributed by atoms with Crippen molar-refractivity contribution in [1.29, 1.82) is 0 Å². The molecule has 7 aromatic rings. The molecule has 0 radical (unpaired) electrons. The largest absolute Gasteiger partial charge is 0.455 e. The summed E-state index contributed by atoms with van der Waals surface area (Å²) in [5.74, 6) is -2.49. The van der Waals surface area contributed by atoms with Crippen molar-refractivity contribution in [2.75, 3.05) is 24.7 Å². The molecule has 7 rings (SSSR count). The number of carbonyl (C=O) groups excluding carboxylic acids is 1. The number of anilines is 1. The zero-order chi connectivity index (χ0) is 33.4.